The largest absolute Gasteiger partial charge is 0.299 e. The summed E-state index contributed by atoms with van der Waals surface area (Å²) < 4.78 is 0. The van der Waals surface area contributed by atoms with Gasteiger partial charge in [0.15, 0.2) is 0 Å². The van der Waals surface area contributed by atoms with Crippen LogP contribution < -0.4 is 0 Å². The second-order valence-electron chi connectivity index (χ2n) is 11.8. The van der Waals surface area contributed by atoms with E-state index in [9.17, 15) is 4.79 Å². The van der Waals surface area contributed by atoms with E-state index in [2.05, 4.69) is 34.6 Å². The van der Waals surface area contributed by atoms with Gasteiger partial charge < -0.3 is 0 Å². The molecule has 0 saturated heterocycles. The van der Waals surface area contributed by atoms with Crippen molar-refractivity contribution in [1.29, 1.82) is 0 Å². The number of Topliss-reactive ketones (excluding diaryl/α,β-unsaturated/α-hetero) is 1. The van der Waals surface area contributed by atoms with Crippen LogP contribution >= 0.6 is 0 Å². The maximum Gasteiger partial charge on any atom is 0.143 e. The second-order valence-corrected chi connectivity index (χ2v) is 11.8. The molecule has 0 aliphatic heterocycles. The van der Waals surface area contributed by atoms with Gasteiger partial charge in [0.2, 0.25) is 0 Å². The summed E-state index contributed by atoms with van der Waals surface area (Å²) in [5.74, 6) is 5.82. The first-order valence-electron chi connectivity index (χ1n) is 11.3. The number of fused-ring (bicyclic) bond motifs is 3. The zero-order valence-corrected chi connectivity index (χ0v) is 17.1. The average Bonchev–Trinajstić information content (AvgIpc) is 3.20. The van der Waals surface area contributed by atoms with E-state index in [4.69, 9.17) is 0 Å². The molecule has 1 nitrogen and oxygen atoms in total. The molecule has 0 radical (unpaired) electrons. The van der Waals surface area contributed by atoms with Gasteiger partial charge in [-0.2, -0.15) is 0 Å². The van der Waals surface area contributed by atoms with Gasteiger partial charge in [0.25, 0.3) is 0 Å². The van der Waals surface area contributed by atoms with Crippen molar-refractivity contribution in [2.75, 3.05) is 0 Å². The number of ketones is 1. The van der Waals surface area contributed by atoms with Crippen LogP contribution in [-0.2, 0) is 4.79 Å². The van der Waals surface area contributed by atoms with Gasteiger partial charge in [0.05, 0.1) is 0 Å². The quantitative estimate of drug-likeness (QED) is 0.561. The Morgan fingerprint density at radius 2 is 1.72 bits per heavy atom. The molecule has 1 spiro atoms. The molecule has 5 aliphatic carbocycles. The Morgan fingerprint density at radius 1 is 0.960 bits per heavy atom. The number of hydrogen-bond acceptors (Lipinski definition) is 1. The van der Waals surface area contributed by atoms with Gasteiger partial charge in [-0.3, -0.25) is 4.79 Å². The summed E-state index contributed by atoms with van der Waals surface area (Å²) in [6.07, 6.45) is 10.6. The van der Waals surface area contributed by atoms with E-state index in [0.717, 1.165) is 29.5 Å². The van der Waals surface area contributed by atoms with Gasteiger partial charge in [-0.1, -0.05) is 34.6 Å². The number of rotatable bonds is 1. The third-order valence-electron chi connectivity index (χ3n) is 10.9. The monoisotopic (exact) mass is 342 g/mol. The molecule has 25 heavy (non-hydrogen) atoms. The second kappa shape index (κ2) is 4.93. The minimum absolute atomic E-state index is 0.0874. The molecule has 5 rings (SSSR count). The van der Waals surface area contributed by atoms with E-state index >= 15 is 0 Å². The lowest BCUT2D eigenvalue weighted by atomic mass is 9.55. The molecular formula is C24H38O. The summed E-state index contributed by atoms with van der Waals surface area (Å²) in [5, 5.41) is 0. The van der Waals surface area contributed by atoms with Crippen LogP contribution in [0.5, 0.6) is 0 Å². The fourth-order valence-electron chi connectivity index (χ4n) is 9.63. The third kappa shape index (κ3) is 1.75. The Kier molecular flexibility index (Phi) is 3.32. The van der Waals surface area contributed by atoms with Crippen molar-refractivity contribution in [1.82, 2.24) is 0 Å². The fourth-order valence-corrected chi connectivity index (χ4v) is 9.63. The van der Waals surface area contributed by atoms with Crippen LogP contribution in [0.2, 0.25) is 0 Å². The van der Waals surface area contributed by atoms with E-state index < -0.39 is 0 Å². The lowest BCUT2D eigenvalue weighted by molar-refractivity contribution is -0.133. The van der Waals surface area contributed by atoms with Crippen LogP contribution in [0.25, 0.3) is 0 Å². The highest BCUT2D eigenvalue weighted by Crippen LogP contribution is 2.77. The van der Waals surface area contributed by atoms with E-state index in [1.165, 1.54) is 51.4 Å². The Hall–Kier alpha value is -0.330. The minimum atomic E-state index is 0.0874. The summed E-state index contributed by atoms with van der Waals surface area (Å²) in [5.41, 5.74) is 0.936. The first-order valence-corrected chi connectivity index (χ1v) is 11.3. The van der Waals surface area contributed by atoms with E-state index in [1.807, 2.05) is 0 Å². The number of hydrogen-bond donors (Lipinski definition) is 0. The van der Waals surface area contributed by atoms with E-state index in [1.54, 1.807) is 0 Å². The van der Waals surface area contributed by atoms with Crippen molar-refractivity contribution in [3.63, 3.8) is 0 Å². The molecule has 0 bridgehead atoms. The molecule has 9 atom stereocenters. The molecule has 0 amide bonds. The number of carbonyl (C=O) groups is 1. The van der Waals surface area contributed by atoms with Crippen LogP contribution in [-0.4, -0.2) is 5.78 Å². The normalized spacial score (nSPS) is 59.8. The van der Waals surface area contributed by atoms with Crippen molar-refractivity contribution in [2.24, 2.45) is 57.7 Å². The summed E-state index contributed by atoms with van der Waals surface area (Å²) >= 11 is 0. The summed E-state index contributed by atoms with van der Waals surface area (Å²) in [7, 11) is 0. The first-order chi connectivity index (χ1) is 11.7. The van der Waals surface area contributed by atoms with Crippen molar-refractivity contribution in [3.05, 3.63) is 0 Å². The molecule has 5 aliphatic rings. The van der Waals surface area contributed by atoms with Crippen LogP contribution in [0.15, 0.2) is 0 Å². The SMILES string of the molecule is CC(C)[C@@H]1CC[C@]2(C)C[C@H]3C(CC12)C(=O)C12CC[C@@H](C)[C@@H]1CC[C@@]32C. The molecule has 140 valence electrons. The maximum atomic E-state index is 13.9. The zero-order chi connectivity index (χ0) is 17.8. The van der Waals surface area contributed by atoms with Gasteiger partial charge in [-0.15, -0.1) is 0 Å². The van der Waals surface area contributed by atoms with Crippen molar-refractivity contribution >= 4 is 5.78 Å². The molecule has 5 fully saturated rings. The predicted octanol–water partition coefficient (Wildman–Crippen LogP) is 6.12. The molecule has 5 saturated carbocycles. The summed E-state index contributed by atoms with van der Waals surface area (Å²) in [4.78, 5) is 13.9. The molecule has 0 aromatic rings. The molecule has 1 heteroatoms. The van der Waals surface area contributed by atoms with E-state index in [-0.39, 0.29) is 5.41 Å². The van der Waals surface area contributed by atoms with Gasteiger partial charge in [0, 0.05) is 11.3 Å². The average molecular weight is 343 g/mol. The van der Waals surface area contributed by atoms with E-state index in [0.29, 0.717) is 28.6 Å². The van der Waals surface area contributed by atoms with Crippen molar-refractivity contribution in [3.8, 4) is 0 Å². The molecule has 0 N–H and O–H groups in total. The van der Waals surface area contributed by atoms with Crippen LogP contribution in [0.3, 0.4) is 0 Å². The summed E-state index contributed by atoms with van der Waals surface area (Å²) in [6.45, 7) is 12.4. The Balaban J connectivity index is 1.55. The Morgan fingerprint density at radius 3 is 2.44 bits per heavy atom. The van der Waals surface area contributed by atoms with Crippen LogP contribution in [0.1, 0.15) is 86.0 Å². The molecule has 0 aromatic heterocycles. The van der Waals surface area contributed by atoms with Crippen LogP contribution in [0.4, 0.5) is 0 Å². The third-order valence-corrected chi connectivity index (χ3v) is 10.9. The Labute approximate surface area is 154 Å². The Bertz CT molecular complexity index is 607. The molecule has 0 heterocycles. The standard InChI is InChI=1S/C24H38O/c1-14(2)16-7-9-22(4)13-20-17(12-19(16)22)21(25)24-11-6-15(3)18(24)8-10-23(20,24)5/h14-20H,6-13H2,1-5H3/t15-,16+,17?,18+,19?,20+,22-,23+,24?/m1/s1. The van der Waals surface area contributed by atoms with Gasteiger partial charge in [-0.25, -0.2) is 0 Å². The highest BCUT2D eigenvalue weighted by atomic mass is 16.1. The lowest BCUT2D eigenvalue weighted by Crippen LogP contribution is -2.42. The smallest absolute Gasteiger partial charge is 0.143 e. The first kappa shape index (κ1) is 16.8. The van der Waals surface area contributed by atoms with Crippen molar-refractivity contribution in [2.45, 2.75) is 86.0 Å². The maximum absolute atomic E-state index is 13.9. The molecular weight excluding hydrogens is 304 g/mol. The lowest BCUT2D eigenvalue weighted by Gasteiger charge is -2.49. The zero-order valence-electron chi connectivity index (χ0n) is 17.1. The van der Waals surface area contributed by atoms with Gasteiger partial charge in [0.1, 0.15) is 5.78 Å². The summed E-state index contributed by atoms with van der Waals surface area (Å²) in [6, 6.07) is 0. The highest BCUT2D eigenvalue weighted by Gasteiger charge is 2.75. The van der Waals surface area contributed by atoms with Crippen LogP contribution in [0, 0.1) is 57.7 Å². The highest BCUT2D eigenvalue weighted by molar-refractivity contribution is 5.92. The topological polar surface area (TPSA) is 17.1 Å². The van der Waals surface area contributed by atoms with Gasteiger partial charge >= 0.3 is 0 Å². The molecule has 0 aromatic carbocycles. The predicted molar refractivity (Wildman–Crippen MR) is 102 cm³/mol. The van der Waals surface area contributed by atoms with Gasteiger partial charge in [-0.05, 0) is 97.7 Å². The molecule has 3 unspecified atom stereocenters. The minimum Gasteiger partial charge on any atom is -0.299 e. The van der Waals surface area contributed by atoms with Crippen molar-refractivity contribution < 1.29 is 4.79 Å². The fraction of sp³-hybridized carbons (Fsp3) is 0.958. The number of carbonyl (C=O) groups excluding carboxylic acids is 1.